The highest BCUT2D eigenvalue weighted by atomic mass is 32.2. The third-order valence-corrected chi connectivity index (χ3v) is 8.78. The van der Waals surface area contributed by atoms with Crippen LogP contribution in [-0.4, -0.2) is 56.3 Å². The van der Waals surface area contributed by atoms with Crippen molar-refractivity contribution in [2.45, 2.75) is 18.7 Å². The molecular formula is C22H24FN3O3S2. The monoisotopic (exact) mass is 461 g/mol. The van der Waals surface area contributed by atoms with Gasteiger partial charge in [-0.2, -0.15) is 4.31 Å². The van der Waals surface area contributed by atoms with E-state index >= 15 is 0 Å². The molecule has 0 bridgehead atoms. The molecule has 2 aromatic carbocycles. The van der Waals surface area contributed by atoms with Gasteiger partial charge in [-0.05, 0) is 60.8 Å². The summed E-state index contributed by atoms with van der Waals surface area (Å²) in [5.74, 6) is -0.691. The second-order valence-corrected chi connectivity index (χ2v) is 10.5. The number of amides is 1. The average molecular weight is 462 g/mol. The van der Waals surface area contributed by atoms with Crippen molar-refractivity contribution in [1.82, 2.24) is 9.21 Å². The van der Waals surface area contributed by atoms with Gasteiger partial charge in [-0.15, -0.1) is 11.3 Å². The molecule has 1 aromatic heterocycles. The molecule has 1 saturated heterocycles. The number of hydrogen-bond donors (Lipinski definition) is 1. The summed E-state index contributed by atoms with van der Waals surface area (Å²) >= 11 is 1.28. The number of aryl methyl sites for hydroxylation is 1. The lowest BCUT2D eigenvalue weighted by Crippen LogP contribution is -2.48. The van der Waals surface area contributed by atoms with E-state index in [1.165, 1.54) is 33.8 Å². The Bertz CT molecular complexity index is 1230. The molecule has 31 heavy (non-hydrogen) atoms. The van der Waals surface area contributed by atoms with E-state index in [0.29, 0.717) is 47.7 Å². The summed E-state index contributed by atoms with van der Waals surface area (Å²) in [6.07, 6.45) is 0. The molecule has 0 aliphatic carbocycles. The van der Waals surface area contributed by atoms with E-state index in [9.17, 15) is 17.6 Å². The van der Waals surface area contributed by atoms with Crippen molar-refractivity contribution in [3.63, 3.8) is 0 Å². The van der Waals surface area contributed by atoms with E-state index in [1.807, 2.05) is 0 Å². The van der Waals surface area contributed by atoms with Crippen LogP contribution in [0, 0.1) is 12.7 Å². The van der Waals surface area contributed by atoms with Gasteiger partial charge in [-0.3, -0.25) is 4.79 Å². The van der Waals surface area contributed by atoms with Crippen molar-refractivity contribution >= 4 is 43.0 Å². The minimum absolute atomic E-state index is 0.158. The molecule has 0 unspecified atom stereocenters. The lowest BCUT2D eigenvalue weighted by molar-refractivity contribution is 0.103. The number of fused-ring (bicyclic) bond motifs is 1. The second kappa shape index (κ2) is 8.66. The zero-order chi connectivity index (χ0) is 22.2. The van der Waals surface area contributed by atoms with Crippen molar-refractivity contribution in [2.75, 3.05) is 38.0 Å². The minimum Gasteiger partial charge on any atom is -0.321 e. The predicted octanol–water partition coefficient (Wildman–Crippen LogP) is 3.93. The van der Waals surface area contributed by atoms with Crippen molar-refractivity contribution in [1.29, 1.82) is 0 Å². The standard InChI is InChI=1S/C22H24FN3O3S2/c1-3-25-9-11-26(12-10-25)31(28,29)18-6-4-5-17(14-18)24-22(27)21-15(2)19-13-16(23)7-8-20(19)30-21/h4-8,13-14H,3,9-12H2,1-2H3,(H,24,27). The Labute approximate surface area is 185 Å². The maximum Gasteiger partial charge on any atom is 0.266 e. The van der Waals surface area contributed by atoms with Crippen molar-refractivity contribution in [2.24, 2.45) is 0 Å². The van der Waals surface area contributed by atoms with Gasteiger partial charge >= 0.3 is 0 Å². The smallest absolute Gasteiger partial charge is 0.266 e. The first-order valence-electron chi connectivity index (χ1n) is 10.1. The topological polar surface area (TPSA) is 69.7 Å². The number of carbonyl (C=O) groups is 1. The fourth-order valence-corrected chi connectivity index (χ4v) is 6.32. The number of nitrogens with zero attached hydrogens (tertiary/aromatic N) is 2. The van der Waals surface area contributed by atoms with Crippen LogP contribution >= 0.6 is 11.3 Å². The van der Waals surface area contributed by atoms with Crippen LogP contribution in [0.25, 0.3) is 10.1 Å². The minimum atomic E-state index is -3.63. The number of sulfonamides is 1. The fraction of sp³-hybridized carbons (Fsp3) is 0.318. The molecule has 9 heteroatoms. The third kappa shape index (κ3) is 4.36. The molecule has 164 valence electrons. The maximum atomic E-state index is 13.6. The van der Waals surface area contributed by atoms with Gasteiger partial charge in [0.2, 0.25) is 10.0 Å². The number of piperazine rings is 1. The summed E-state index contributed by atoms with van der Waals surface area (Å²) in [6.45, 7) is 7.05. The quantitative estimate of drug-likeness (QED) is 0.625. The van der Waals surface area contributed by atoms with Crippen molar-refractivity contribution in [3.8, 4) is 0 Å². The summed E-state index contributed by atoms with van der Waals surface area (Å²) < 4.78 is 42.0. The largest absolute Gasteiger partial charge is 0.321 e. The van der Waals surface area contributed by atoms with Crippen LogP contribution in [0.1, 0.15) is 22.2 Å². The SMILES string of the molecule is CCN1CCN(S(=O)(=O)c2cccc(NC(=O)c3sc4ccc(F)cc4c3C)c2)CC1. The van der Waals surface area contributed by atoms with Gasteiger partial charge in [-0.25, -0.2) is 12.8 Å². The Kier molecular flexibility index (Phi) is 6.11. The zero-order valence-electron chi connectivity index (χ0n) is 17.4. The summed E-state index contributed by atoms with van der Waals surface area (Å²) in [7, 11) is -3.63. The first kappa shape index (κ1) is 21.9. The number of anilines is 1. The highest BCUT2D eigenvalue weighted by molar-refractivity contribution is 7.89. The summed E-state index contributed by atoms with van der Waals surface area (Å²) in [6, 6.07) is 10.8. The van der Waals surface area contributed by atoms with Gasteiger partial charge in [0, 0.05) is 36.6 Å². The Morgan fingerprint density at radius 2 is 1.87 bits per heavy atom. The van der Waals surface area contributed by atoms with Gasteiger partial charge < -0.3 is 10.2 Å². The van der Waals surface area contributed by atoms with Crippen LogP contribution < -0.4 is 5.32 Å². The van der Waals surface area contributed by atoms with Crippen LogP contribution in [0.2, 0.25) is 0 Å². The van der Waals surface area contributed by atoms with Crippen molar-refractivity contribution < 1.29 is 17.6 Å². The van der Waals surface area contributed by atoms with E-state index in [1.54, 1.807) is 31.2 Å². The Morgan fingerprint density at radius 1 is 1.13 bits per heavy atom. The molecule has 1 fully saturated rings. The number of carbonyl (C=O) groups excluding carboxylic acids is 1. The molecule has 4 rings (SSSR count). The summed E-state index contributed by atoms with van der Waals surface area (Å²) in [5.41, 5.74) is 1.11. The van der Waals surface area contributed by atoms with Gasteiger partial charge in [0.25, 0.3) is 5.91 Å². The van der Waals surface area contributed by atoms with Crippen LogP contribution in [0.4, 0.5) is 10.1 Å². The molecular weight excluding hydrogens is 437 g/mol. The van der Waals surface area contributed by atoms with Crippen LogP contribution in [0.15, 0.2) is 47.4 Å². The molecule has 1 amide bonds. The molecule has 3 aromatic rings. The van der Waals surface area contributed by atoms with Crippen LogP contribution in [0.5, 0.6) is 0 Å². The second-order valence-electron chi connectivity index (χ2n) is 7.52. The Hall–Kier alpha value is -2.33. The Balaban J connectivity index is 1.55. The number of halogens is 1. The molecule has 1 aliphatic rings. The molecule has 0 atom stereocenters. The lowest BCUT2D eigenvalue weighted by atomic mass is 10.1. The zero-order valence-corrected chi connectivity index (χ0v) is 19.0. The lowest BCUT2D eigenvalue weighted by Gasteiger charge is -2.33. The fourth-order valence-electron chi connectivity index (χ4n) is 3.77. The van der Waals surface area contributed by atoms with E-state index in [4.69, 9.17) is 0 Å². The molecule has 0 saturated carbocycles. The first-order valence-corrected chi connectivity index (χ1v) is 12.4. The van der Waals surface area contributed by atoms with Gasteiger partial charge in [0.15, 0.2) is 0 Å². The van der Waals surface area contributed by atoms with E-state index < -0.39 is 10.0 Å². The van der Waals surface area contributed by atoms with Crippen LogP contribution in [-0.2, 0) is 10.0 Å². The predicted molar refractivity (Wildman–Crippen MR) is 122 cm³/mol. The van der Waals surface area contributed by atoms with Gasteiger partial charge in [0.05, 0.1) is 9.77 Å². The normalized spacial score (nSPS) is 16.0. The summed E-state index contributed by atoms with van der Waals surface area (Å²) in [5, 5.41) is 3.50. The molecule has 2 heterocycles. The highest BCUT2D eigenvalue weighted by Crippen LogP contribution is 2.32. The number of rotatable bonds is 5. The van der Waals surface area contributed by atoms with E-state index in [2.05, 4.69) is 17.1 Å². The summed E-state index contributed by atoms with van der Waals surface area (Å²) in [4.78, 5) is 15.7. The first-order chi connectivity index (χ1) is 14.8. The molecule has 1 aliphatic heterocycles. The van der Waals surface area contributed by atoms with Gasteiger partial charge in [0.1, 0.15) is 5.82 Å². The molecule has 6 nitrogen and oxygen atoms in total. The average Bonchev–Trinajstić information content (AvgIpc) is 3.10. The molecule has 0 radical (unpaired) electrons. The Morgan fingerprint density at radius 3 is 2.58 bits per heavy atom. The molecule has 1 N–H and O–H groups in total. The number of benzene rings is 2. The van der Waals surface area contributed by atoms with E-state index in [-0.39, 0.29) is 16.6 Å². The number of hydrogen-bond acceptors (Lipinski definition) is 5. The number of likely N-dealkylation sites (N-methyl/N-ethyl adjacent to an activating group) is 1. The number of thiophene rings is 1. The van der Waals surface area contributed by atoms with Gasteiger partial charge in [-0.1, -0.05) is 13.0 Å². The third-order valence-electron chi connectivity index (χ3n) is 5.61. The number of nitrogens with one attached hydrogen (secondary N) is 1. The van der Waals surface area contributed by atoms with Crippen LogP contribution in [0.3, 0.4) is 0 Å². The highest BCUT2D eigenvalue weighted by Gasteiger charge is 2.28. The van der Waals surface area contributed by atoms with Crippen molar-refractivity contribution in [3.05, 3.63) is 58.7 Å². The van der Waals surface area contributed by atoms with E-state index in [0.717, 1.165) is 11.2 Å². The molecule has 0 spiro atoms. The maximum absolute atomic E-state index is 13.6.